The van der Waals surface area contributed by atoms with E-state index in [1.807, 2.05) is 243 Å². The van der Waals surface area contributed by atoms with Gasteiger partial charge in [-0.1, -0.05) is 291 Å². The van der Waals surface area contributed by atoms with Crippen LogP contribution in [-0.2, 0) is 5.41 Å². The molecule has 5 heterocycles. The van der Waals surface area contributed by atoms with Crippen LogP contribution in [0.4, 0.5) is 0 Å². The number of aromatic nitrogens is 12. The van der Waals surface area contributed by atoms with E-state index in [1.165, 1.54) is 0 Å². The fourth-order valence-corrected chi connectivity index (χ4v) is 13.9. The Kier molecular flexibility index (Phi) is 15.4. The Labute approximate surface area is 569 Å². The summed E-state index contributed by atoms with van der Waals surface area (Å²) in [6.45, 7) is 0. The first-order valence-electron chi connectivity index (χ1n) is 32.2. The summed E-state index contributed by atoms with van der Waals surface area (Å²) in [5.41, 5.74) is 12.0. The van der Waals surface area contributed by atoms with Crippen molar-refractivity contribution in [3.8, 4) is 137 Å². The van der Waals surface area contributed by atoms with Crippen LogP contribution in [0, 0.1) is 0 Å². The molecule has 0 aliphatic carbocycles. The van der Waals surface area contributed by atoms with Gasteiger partial charge in [-0.25, -0.2) is 59.8 Å². The van der Waals surface area contributed by atoms with Crippen LogP contribution in [-0.4, -0.2) is 59.8 Å². The molecule has 13 heteroatoms. The van der Waals surface area contributed by atoms with Gasteiger partial charge in [0.2, 0.25) is 0 Å². The second-order valence-corrected chi connectivity index (χ2v) is 24.7. The smallest absolute Gasteiger partial charge is 0.164 e. The Balaban J connectivity index is 1.02. The highest BCUT2D eigenvalue weighted by molar-refractivity contribution is 7.99. The molecule has 0 radical (unpaired) electrons. The lowest BCUT2D eigenvalue weighted by Crippen LogP contribution is -2.34. The van der Waals surface area contributed by atoms with Gasteiger partial charge in [-0.15, -0.1) is 0 Å². The van der Waals surface area contributed by atoms with Crippen LogP contribution in [0.25, 0.3) is 137 Å². The molecule has 98 heavy (non-hydrogen) atoms. The highest BCUT2D eigenvalue weighted by Gasteiger charge is 2.46. The van der Waals surface area contributed by atoms with Crippen molar-refractivity contribution in [2.45, 2.75) is 15.2 Å². The van der Waals surface area contributed by atoms with E-state index in [-0.39, 0.29) is 0 Å². The van der Waals surface area contributed by atoms with Gasteiger partial charge in [-0.2, -0.15) is 0 Å². The number of benzene rings is 12. The van der Waals surface area contributed by atoms with E-state index < -0.39 is 5.41 Å². The van der Waals surface area contributed by atoms with E-state index in [2.05, 4.69) is 84.9 Å². The monoisotopic (exact) mass is 1270 g/mol. The molecule has 12 aromatic carbocycles. The van der Waals surface area contributed by atoms with Crippen LogP contribution >= 0.6 is 11.8 Å². The summed E-state index contributed by atoms with van der Waals surface area (Å²) in [6, 6.07) is 111. The summed E-state index contributed by atoms with van der Waals surface area (Å²) in [4.78, 5) is 66.5. The number of fused-ring (bicyclic) bond motifs is 2. The fourth-order valence-electron chi connectivity index (χ4n) is 12.7. The van der Waals surface area contributed by atoms with Gasteiger partial charge in [0.1, 0.15) is 0 Å². The highest BCUT2D eigenvalue weighted by atomic mass is 32.2. The summed E-state index contributed by atoms with van der Waals surface area (Å²) < 4.78 is 0. The Morgan fingerprint density at radius 2 is 0.327 bits per heavy atom. The van der Waals surface area contributed by atoms with Gasteiger partial charge >= 0.3 is 0 Å². The minimum absolute atomic E-state index is 0.442. The van der Waals surface area contributed by atoms with Crippen molar-refractivity contribution in [2.24, 2.45) is 0 Å². The Hall–Kier alpha value is -13.0. The second kappa shape index (κ2) is 25.7. The lowest BCUT2D eigenvalue weighted by atomic mass is 9.64. The van der Waals surface area contributed by atoms with E-state index >= 15 is 0 Å². The summed E-state index contributed by atoms with van der Waals surface area (Å²) in [6.07, 6.45) is 0. The quantitative estimate of drug-likeness (QED) is 0.101. The average molecular weight is 1280 g/mol. The van der Waals surface area contributed by atoms with Crippen molar-refractivity contribution in [1.29, 1.82) is 0 Å². The molecule has 460 valence electrons. The average Bonchev–Trinajstić information content (AvgIpc) is 0.701. The highest BCUT2D eigenvalue weighted by Crippen LogP contribution is 2.57. The van der Waals surface area contributed by atoms with Crippen LogP contribution in [0.15, 0.2) is 337 Å². The topological polar surface area (TPSA) is 155 Å². The standard InChI is InChI=1S/C85H54N12S/c1-9-29-55(30-10-1)73-86-74(56-31-11-2-12-32-56)91-81(90-73)63-49-64(82-92-75(57-33-13-3-14-34-57)87-76(93-82)58-35-15-4-16-36-58)52-67(51-63)85(69-45-25-27-47-71(69)98-72-48-28-26-46-70(72)85)68-53-65(83-94-77(59-37-17-5-18-38-59)88-78(95-83)60-39-19-6-20-40-60)50-66(54-68)84-96-79(61-41-21-7-22-42-61)89-80(97-84)62-43-23-8-24-44-62/h1-54H. The number of rotatable bonds is 14. The summed E-state index contributed by atoms with van der Waals surface area (Å²) >= 11 is 1.74. The lowest BCUT2D eigenvalue weighted by Gasteiger charge is -2.42. The van der Waals surface area contributed by atoms with Gasteiger partial charge in [-0.3, -0.25) is 0 Å². The zero-order valence-corrected chi connectivity index (χ0v) is 53.3. The normalized spacial score (nSPS) is 12.1. The summed E-state index contributed by atoms with van der Waals surface area (Å²) in [5.74, 6) is 5.88. The zero-order chi connectivity index (χ0) is 65.2. The molecule has 16 aromatic rings. The van der Waals surface area contributed by atoms with Crippen LogP contribution in [0.2, 0.25) is 0 Å². The molecule has 1 aliphatic heterocycles. The molecule has 17 rings (SSSR count). The second-order valence-electron chi connectivity index (χ2n) is 23.6. The van der Waals surface area contributed by atoms with Crippen LogP contribution in [0.5, 0.6) is 0 Å². The van der Waals surface area contributed by atoms with Gasteiger partial charge in [0.15, 0.2) is 69.9 Å². The molecule has 0 atom stereocenters. The molecule has 0 saturated heterocycles. The predicted molar refractivity (Wildman–Crippen MR) is 388 cm³/mol. The first-order chi connectivity index (χ1) is 48.5. The van der Waals surface area contributed by atoms with E-state index in [0.717, 1.165) is 76.6 Å². The minimum atomic E-state index is -1.21. The van der Waals surface area contributed by atoms with Crippen molar-refractivity contribution in [3.63, 3.8) is 0 Å². The van der Waals surface area contributed by atoms with Crippen molar-refractivity contribution in [1.82, 2.24) is 59.8 Å². The molecule has 0 spiro atoms. The SMILES string of the molecule is c1ccc(-c2nc(-c3ccccc3)nc(-c3cc(-c4nc(-c5ccccc5)nc(-c5ccccc5)n4)cc(C4(c5cc(-c6nc(-c7ccccc7)nc(-c7ccccc7)n6)cc(-c6nc(-c7ccccc7)nc(-c7ccccc7)n6)c5)c5ccccc5Sc5ccccc54)c3)n2)cc1. The molecule has 1 aliphatic rings. The van der Waals surface area contributed by atoms with Crippen LogP contribution in [0.3, 0.4) is 0 Å². The molecular formula is C85H54N12S. The van der Waals surface area contributed by atoms with Crippen LogP contribution in [0.1, 0.15) is 22.3 Å². The number of hydrogen-bond donors (Lipinski definition) is 0. The first-order valence-corrected chi connectivity index (χ1v) is 33.0. The maximum Gasteiger partial charge on any atom is 0.164 e. The maximum absolute atomic E-state index is 5.45. The Morgan fingerprint density at radius 3 is 0.520 bits per heavy atom. The molecule has 0 bridgehead atoms. The number of nitrogens with zero attached hydrogens (tertiary/aromatic N) is 12. The van der Waals surface area contributed by atoms with Gasteiger partial charge in [0, 0.05) is 76.6 Å². The molecule has 0 saturated carbocycles. The van der Waals surface area contributed by atoms with E-state index in [1.54, 1.807) is 11.8 Å². The number of hydrogen-bond acceptors (Lipinski definition) is 13. The maximum atomic E-state index is 5.45. The van der Waals surface area contributed by atoms with Gasteiger partial charge < -0.3 is 0 Å². The van der Waals surface area contributed by atoms with E-state index in [9.17, 15) is 0 Å². The van der Waals surface area contributed by atoms with Gasteiger partial charge in [0.25, 0.3) is 0 Å². The van der Waals surface area contributed by atoms with Crippen molar-refractivity contribution >= 4 is 11.8 Å². The Bertz CT molecular complexity index is 4720. The van der Waals surface area contributed by atoms with E-state index in [0.29, 0.717) is 92.1 Å². The third-order valence-corrected chi connectivity index (χ3v) is 18.5. The fraction of sp³-hybridized carbons (Fsp3) is 0.0118. The summed E-state index contributed by atoms with van der Waals surface area (Å²) in [7, 11) is 0. The third kappa shape index (κ3) is 11.4. The third-order valence-electron chi connectivity index (χ3n) is 17.4. The molecule has 4 aromatic heterocycles. The van der Waals surface area contributed by atoms with Gasteiger partial charge in [0.05, 0.1) is 5.41 Å². The van der Waals surface area contributed by atoms with Gasteiger partial charge in [-0.05, 0) is 70.8 Å². The molecular weight excluding hydrogens is 1220 g/mol. The molecule has 0 N–H and O–H groups in total. The zero-order valence-electron chi connectivity index (χ0n) is 52.5. The van der Waals surface area contributed by atoms with Crippen LogP contribution < -0.4 is 0 Å². The molecule has 12 nitrogen and oxygen atoms in total. The Morgan fingerprint density at radius 1 is 0.163 bits per heavy atom. The molecule has 0 amide bonds. The molecule has 0 fully saturated rings. The van der Waals surface area contributed by atoms with Crippen molar-refractivity contribution in [2.75, 3.05) is 0 Å². The lowest BCUT2D eigenvalue weighted by molar-refractivity contribution is 0.703. The first kappa shape index (κ1) is 58.8. The van der Waals surface area contributed by atoms with Crippen molar-refractivity contribution < 1.29 is 0 Å². The minimum Gasteiger partial charge on any atom is -0.208 e. The van der Waals surface area contributed by atoms with E-state index in [4.69, 9.17) is 59.8 Å². The molecule has 0 unspecified atom stereocenters. The predicted octanol–water partition coefficient (Wildman–Crippen LogP) is 19.3. The largest absolute Gasteiger partial charge is 0.208 e. The summed E-state index contributed by atoms with van der Waals surface area (Å²) in [5, 5.41) is 0. The van der Waals surface area contributed by atoms with Crippen molar-refractivity contribution in [3.05, 3.63) is 350 Å².